The molecule has 0 aliphatic carbocycles. The molecule has 1 aliphatic heterocycles. The number of carbonyl (C=O) groups is 3. The van der Waals surface area contributed by atoms with Gasteiger partial charge in [-0.15, -0.1) is 0 Å². The molecule has 0 unspecified atom stereocenters. The maximum absolute atomic E-state index is 12.4. The number of carbonyl (C=O) groups excluding carboxylic acids is 3. The highest BCUT2D eigenvalue weighted by Gasteiger charge is 2.34. The van der Waals surface area contributed by atoms with Crippen LogP contribution in [0.2, 0.25) is 5.02 Å². The molecule has 2 aromatic carbocycles. The Morgan fingerprint density at radius 2 is 1.78 bits per heavy atom. The quantitative estimate of drug-likeness (QED) is 0.750. The van der Waals surface area contributed by atoms with Gasteiger partial charge in [0.25, 0.3) is 11.1 Å². The predicted molar refractivity (Wildman–Crippen MR) is 107 cm³/mol. The SMILES string of the molecule is O=C(Cc1ccc(Cl)cc1)NCCN1C(=O)S/C(=C\c2ccccc2)C1=O. The Hall–Kier alpha value is -2.57. The predicted octanol–water partition coefficient (Wildman–Crippen LogP) is 3.74. The van der Waals surface area contributed by atoms with Gasteiger partial charge in [0.1, 0.15) is 0 Å². The molecule has 3 amide bonds. The van der Waals surface area contributed by atoms with E-state index in [-0.39, 0.29) is 36.6 Å². The molecular formula is C20H17ClN2O3S. The van der Waals surface area contributed by atoms with Crippen molar-refractivity contribution >= 4 is 46.5 Å². The number of hydrogen-bond donors (Lipinski definition) is 1. The van der Waals surface area contributed by atoms with Crippen molar-refractivity contribution in [2.75, 3.05) is 13.1 Å². The van der Waals surface area contributed by atoms with Crippen molar-refractivity contribution in [3.05, 3.63) is 75.7 Å². The molecule has 3 rings (SSSR count). The van der Waals surface area contributed by atoms with Crippen molar-refractivity contribution in [3.63, 3.8) is 0 Å². The number of amides is 3. The van der Waals surface area contributed by atoms with Crippen molar-refractivity contribution in [1.82, 2.24) is 10.2 Å². The van der Waals surface area contributed by atoms with Crippen molar-refractivity contribution < 1.29 is 14.4 Å². The third kappa shape index (κ3) is 5.21. The first-order valence-electron chi connectivity index (χ1n) is 8.34. The molecule has 27 heavy (non-hydrogen) atoms. The Bertz CT molecular complexity index is 882. The number of nitrogens with one attached hydrogen (secondary N) is 1. The Morgan fingerprint density at radius 3 is 2.48 bits per heavy atom. The number of hydrogen-bond acceptors (Lipinski definition) is 4. The zero-order chi connectivity index (χ0) is 19.2. The molecule has 5 nitrogen and oxygen atoms in total. The Balaban J connectivity index is 1.51. The van der Waals surface area contributed by atoms with Gasteiger partial charge in [-0.3, -0.25) is 19.3 Å². The lowest BCUT2D eigenvalue weighted by Gasteiger charge is -2.13. The summed E-state index contributed by atoms with van der Waals surface area (Å²) in [6.45, 7) is 0.353. The Labute approximate surface area is 166 Å². The molecule has 0 atom stereocenters. The van der Waals surface area contributed by atoms with Crippen LogP contribution in [0, 0.1) is 0 Å². The summed E-state index contributed by atoms with van der Waals surface area (Å²) in [5, 5.41) is 3.02. The van der Waals surface area contributed by atoms with Gasteiger partial charge in [-0.1, -0.05) is 54.1 Å². The van der Waals surface area contributed by atoms with E-state index >= 15 is 0 Å². The summed E-state index contributed by atoms with van der Waals surface area (Å²) in [5.41, 5.74) is 1.70. The standard InChI is InChI=1S/C20H17ClN2O3S/c21-16-8-6-15(7-9-16)13-18(24)22-10-11-23-19(25)17(27-20(23)26)12-14-4-2-1-3-5-14/h1-9,12H,10-11,13H2,(H,22,24)/b17-12-. The van der Waals surface area contributed by atoms with Crippen LogP contribution in [0.1, 0.15) is 11.1 Å². The molecule has 2 aromatic rings. The van der Waals surface area contributed by atoms with Crippen LogP contribution in [0.15, 0.2) is 59.5 Å². The van der Waals surface area contributed by atoms with E-state index in [2.05, 4.69) is 5.32 Å². The van der Waals surface area contributed by atoms with Crippen molar-refractivity contribution in [3.8, 4) is 0 Å². The van der Waals surface area contributed by atoms with Crippen LogP contribution in [-0.2, 0) is 16.0 Å². The molecule has 0 spiro atoms. The average molecular weight is 401 g/mol. The minimum Gasteiger partial charge on any atom is -0.354 e. The van der Waals surface area contributed by atoms with Crippen LogP contribution in [0.5, 0.6) is 0 Å². The fourth-order valence-corrected chi connectivity index (χ4v) is 3.54. The van der Waals surface area contributed by atoms with Gasteiger partial charge >= 0.3 is 0 Å². The molecule has 1 heterocycles. The monoisotopic (exact) mass is 400 g/mol. The van der Waals surface area contributed by atoms with Gasteiger partial charge in [0.2, 0.25) is 5.91 Å². The highest BCUT2D eigenvalue weighted by atomic mass is 35.5. The molecule has 0 bridgehead atoms. The van der Waals surface area contributed by atoms with E-state index in [1.807, 2.05) is 30.3 Å². The molecule has 0 aromatic heterocycles. The number of nitrogens with zero attached hydrogens (tertiary/aromatic N) is 1. The van der Waals surface area contributed by atoms with Gasteiger partial charge in [0, 0.05) is 18.1 Å². The molecule has 1 saturated heterocycles. The largest absolute Gasteiger partial charge is 0.354 e. The second kappa shape index (κ2) is 8.88. The maximum Gasteiger partial charge on any atom is 0.293 e. The van der Waals surface area contributed by atoms with E-state index in [1.165, 1.54) is 0 Å². The molecule has 1 N–H and O–H groups in total. The van der Waals surface area contributed by atoms with Gasteiger partial charge in [-0.2, -0.15) is 0 Å². The second-order valence-corrected chi connectivity index (χ2v) is 7.33. The number of imide groups is 1. The van der Waals surface area contributed by atoms with Crippen LogP contribution in [0.4, 0.5) is 4.79 Å². The summed E-state index contributed by atoms with van der Waals surface area (Å²) in [6.07, 6.45) is 1.91. The van der Waals surface area contributed by atoms with E-state index in [0.717, 1.165) is 27.8 Å². The summed E-state index contributed by atoms with van der Waals surface area (Å²) < 4.78 is 0. The summed E-state index contributed by atoms with van der Waals surface area (Å²) >= 11 is 6.73. The Kier molecular flexibility index (Phi) is 6.32. The van der Waals surface area contributed by atoms with Crippen LogP contribution in [0.25, 0.3) is 6.08 Å². The van der Waals surface area contributed by atoms with Crippen molar-refractivity contribution in [1.29, 1.82) is 0 Å². The number of thioether (sulfide) groups is 1. The smallest absolute Gasteiger partial charge is 0.293 e. The number of benzene rings is 2. The third-order valence-electron chi connectivity index (χ3n) is 3.91. The third-order valence-corrected chi connectivity index (χ3v) is 5.07. The van der Waals surface area contributed by atoms with E-state index in [0.29, 0.717) is 9.93 Å². The van der Waals surface area contributed by atoms with E-state index in [4.69, 9.17) is 11.6 Å². The van der Waals surface area contributed by atoms with Crippen LogP contribution in [0.3, 0.4) is 0 Å². The van der Waals surface area contributed by atoms with Gasteiger partial charge in [0.05, 0.1) is 11.3 Å². The minimum atomic E-state index is -0.333. The van der Waals surface area contributed by atoms with Crippen molar-refractivity contribution in [2.45, 2.75) is 6.42 Å². The summed E-state index contributed by atoms with van der Waals surface area (Å²) in [4.78, 5) is 38.0. The Morgan fingerprint density at radius 1 is 1.07 bits per heavy atom. The molecule has 0 saturated carbocycles. The molecule has 0 radical (unpaired) electrons. The van der Waals surface area contributed by atoms with Gasteiger partial charge in [-0.25, -0.2) is 0 Å². The average Bonchev–Trinajstić information content (AvgIpc) is 2.92. The van der Waals surface area contributed by atoms with E-state index < -0.39 is 0 Å². The second-order valence-electron chi connectivity index (χ2n) is 5.90. The lowest BCUT2D eigenvalue weighted by atomic mass is 10.1. The van der Waals surface area contributed by atoms with Crippen LogP contribution < -0.4 is 5.32 Å². The van der Waals surface area contributed by atoms with Crippen molar-refractivity contribution in [2.24, 2.45) is 0 Å². The summed E-state index contributed by atoms with van der Waals surface area (Å²) in [7, 11) is 0. The lowest BCUT2D eigenvalue weighted by Crippen LogP contribution is -2.37. The zero-order valence-corrected chi connectivity index (χ0v) is 15.9. The maximum atomic E-state index is 12.4. The molecule has 138 valence electrons. The fraction of sp³-hybridized carbons (Fsp3) is 0.150. The van der Waals surface area contributed by atoms with Gasteiger partial charge in [0.15, 0.2) is 0 Å². The topological polar surface area (TPSA) is 66.5 Å². The van der Waals surface area contributed by atoms with Gasteiger partial charge < -0.3 is 5.32 Å². The molecule has 1 fully saturated rings. The minimum absolute atomic E-state index is 0.142. The first-order valence-corrected chi connectivity index (χ1v) is 9.54. The molecule has 7 heteroatoms. The zero-order valence-electron chi connectivity index (χ0n) is 14.4. The number of halogens is 1. The summed E-state index contributed by atoms with van der Waals surface area (Å²) in [6, 6.07) is 16.4. The number of rotatable bonds is 6. The van der Waals surface area contributed by atoms with Crippen LogP contribution in [-0.4, -0.2) is 35.0 Å². The molecular weight excluding hydrogens is 384 g/mol. The molecule has 1 aliphatic rings. The highest BCUT2D eigenvalue weighted by Crippen LogP contribution is 2.31. The first-order chi connectivity index (χ1) is 13.0. The lowest BCUT2D eigenvalue weighted by molar-refractivity contribution is -0.124. The van der Waals surface area contributed by atoms with E-state index in [9.17, 15) is 14.4 Å². The summed E-state index contributed by atoms with van der Waals surface area (Å²) in [5.74, 6) is -0.509. The normalized spacial score (nSPS) is 15.4. The fourth-order valence-electron chi connectivity index (χ4n) is 2.55. The first kappa shape index (κ1) is 19.2. The van der Waals surface area contributed by atoms with E-state index in [1.54, 1.807) is 30.3 Å². The van der Waals surface area contributed by atoms with Crippen LogP contribution >= 0.6 is 23.4 Å². The van der Waals surface area contributed by atoms with Gasteiger partial charge in [-0.05, 0) is 41.1 Å². The highest BCUT2D eigenvalue weighted by molar-refractivity contribution is 8.18.